The number of rotatable bonds is 3. The fourth-order valence-electron chi connectivity index (χ4n) is 2.24. The number of aryl methyl sites for hydroxylation is 1. The van der Waals surface area contributed by atoms with Gasteiger partial charge in [0.15, 0.2) is 0 Å². The average molecular weight is 189 g/mol. The molecule has 76 valence electrons. The van der Waals surface area contributed by atoms with Crippen LogP contribution in [0.1, 0.15) is 31.7 Å². The molecule has 1 N–H and O–H groups in total. The first-order valence-electron chi connectivity index (χ1n) is 5.57. The summed E-state index contributed by atoms with van der Waals surface area (Å²) in [4.78, 5) is 0. The summed E-state index contributed by atoms with van der Waals surface area (Å²) in [5.41, 5.74) is 1.86. The number of hydrogen-bond donors (Lipinski definition) is 1. The van der Waals surface area contributed by atoms with Crippen LogP contribution in [0, 0.1) is 0 Å². The maximum absolute atomic E-state index is 3.60. The molecule has 1 heteroatoms. The number of hydrogen-bond acceptors (Lipinski definition) is 1. The van der Waals surface area contributed by atoms with Crippen molar-refractivity contribution < 1.29 is 0 Å². The van der Waals surface area contributed by atoms with E-state index in [1.807, 2.05) is 0 Å². The minimum atomic E-state index is 0.399. The van der Waals surface area contributed by atoms with Crippen molar-refractivity contribution in [2.24, 2.45) is 0 Å². The molecular weight excluding hydrogens is 170 g/mol. The van der Waals surface area contributed by atoms with Crippen molar-refractivity contribution in [2.45, 2.75) is 38.1 Å². The Balaban J connectivity index is 1.88. The molecule has 14 heavy (non-hydrogen) atoms. The fourth-order valence-corrected chi connectivity index (χ4v) is 2.24. The normalized spacial score (nSPS) is 26.6. The van der Waals surface area contributed by atoms with Crippen LogP contribution in [0.15, 0.2) is 30.3 Å². The van der Waals surface area contributed by atoms with Crippen LogP contribution >= 0.6 is 0 Å². The first-order chi connectivity index (χ1) is 6.79. The molecule has 0 aliphatic carbocycles. The molecule has 0 unspecified atom stereocenters. The van der Waals surface area contributed by atoms with Gasteiger partial charge in [0.1, 0.15) is 0 Å². The Morgan fingerprint density at radius 1 is 1.29 bits per heavy atom. The van der Waals surface area contributed by atoms with Crippen LogP contribution in [-0.4, -0.2) is 12.1 Å². The maximum Gasteiger partial charge on any atom is 0.0157 e. The van der Waals surface area contributed by atoms with Gasteiger partial charge in [0, 0.05) is 5.54 Å². The van der Waals surface area contributed by atoms with Crippen LogP contribution in [0.5, 0.6) is 0 Å². The van der Waals surface area contributed by atoms with E-state index in [0.29, 0.717) is 5.54 Å². The lowest BCUT2D eigenvalue weighted by atomic mass is 9.92. The summed E-state index contributed by atoms with van der Waals surface area (Å²) in [5, 5.41) is 3.60. The summed E-state index contributed by atoms with van der Waals surface area (Å²) < 4.78 is 0. The summed E-state index contributed by atoms with van der Waals surface area (Å²) in [5.74, 6) is 0. The molecule has 1 heterocycles. The monoisotopic (exact) mass is 189 g/mol. The average Bonchev–Trinajstić information content (AvgIpc) is 2.65. The molecule has 0 bridgehead atoms. The lowest BCUT2D eigenvalue weighted by molar-refractivity contribution is 0.384. The van der Waals surface area contributed by atoms with Gasteiger partial charge in [0.05, 0.1) is 0 Å². The zero-order chi connectivity index (χ0) is 9.86. The second-order valence-electron chi connectivity index (χ2n) is 4.58. The summed E-state index contributed by atoms with van der Waals surface area (Å²) in [7, 11) is 0. The minimum Gasteiger partial charge on any atom is -0.312 e. The zero-order valence-corrected chi connectivity index (χ0v) is 8.92. The Labute approximate surface area is 86.5 Å². The molecule has 1 aliphatic heterocycles. The van der Waals surface area contributed by atoms with Gasteiger partial charge in [-0.3, -0.25) is 0 Å². The third kappa shape index (κ3) is 2.36. The molecule has 2 rings (SSSR count). The van der Waals surface area contributed by atoms with Gasteiger partial charge in [-0.25, -0.2) is 0 Å². The molecular formula is C13H19N. The van der Waals surface area contributed by atoms with Crippen molar-refractivity contribution in [1.29, 1.82) is 0 Å². The third-order valence-corrected chi connectivity index (χ3v) is 3.27. The molecule has 1 nitrogen and oxygen atoms in total. The van der Waals surface area contributed by atoms with Gasteiger partial charge in [-0.1, -0.05) is 30.3 Å². The van der Waals surface area contributed by atoms with E-state index < -0.39 is 0 Å². The van der Waals surface area contributed by atoms with Gasteiger partial charge in [0.25, 0.3) is 0 Å². The SMILES string of the molecule is C[C@@]1(CCc2ccccc2)CCCN1. The molecule has 0 spiro atoms. The summed E-state index contributed by atoms with van der Waals surface area (Å²) in [6, 6.07) is 10.8. The first kappa shape index (κ1) is 9.72. The van der Waals surface area contributed by atoms with Crippen molar-refractivity contribution in [3.63, 3.8) is 0 Å². The van der Waals surface area contributed by atoms with Crippen LogP contribution in [-0.2, 0) is 6.42 Å². The van der Waals surface area contributed by atoms with Crippen molar-refractivity contribution >= 4 is 0 Å². The highest BCUT2D eigenvalue weighted by molar-refractivity contribution is 5.15. The van der Waals surface area contributed by atoms with E-state index in [-0.39, 0.29) is 0 Å². The van der Waals surface area contributed by atoms with Gasteiger partial charge < -0.3 is 5.32 Å². The molecule has 0 aromatic heterocycles. The molecule has 1 atom stereocenters. The highest BCUT2D eigenvalue weighted by Gasteiger charge is 2.26. The Morgan fingerprint density at radius 3 is 2.71 bits per heavy atom. The van der Waals surface area contributed by atoms with Gasteiger partial charge >= 0.3 is 0 Å². The van der Waals surface area contributed by atoms with Gasteiger partial charge in [-0.05, 0) is 44.7 Å². The topological polar surface area (TPSA) is 12.0 Å². The molecule has 1 saturated heterocycles. The van der Waals surface area contributed by atoms with Crippen LogP contribution in [0.3, 0.4) is 0 Å². The van der Waals surface area contributed by atoms with E-state index in [1.54, 1.807) is 0 Å². The zero-order valence-electron chi connectivity index (χ0n) is 8.92. The molecule has 1 fully saturated rings. The minimum absolute atomic E-state index is 0.399. The Morgan fingerprint density at radius 2 is 2.07 bits per heavy atom. The summed E-state index contributed by atoms with van der Waals surface area (Å²) in [6.45, 7) is 3.55. The molecule has 0 amide bonds. The summed E-state index contributed by atoms with van der Waals surface area (Å²) >= 11 is 0. The van der Waals surface area contributed by atoms with Crippen molar-refractivity contribution in [3.8, 4) is 0 Å². The largest absolute Gasteiger partial charge is 0.312 e. The highest BCUT2D eigenvalue weighted by atomic mass is 15.0. The molecule has 1 aliphatic rings. The van der Waals surface area contributed by atoms with Gasteiger partial charge in [-0.15, -0.1) is 0 Å². The van der Waals surface area contributed by atoms with Gasteiger partial charge in [-0.2, -0.15) is 0 Å². The van der Waals surface area contributed by atoms with Crippen LogP contribution < -0.4 is 5.32 Å². The van der Waals surface area contributed by atoms with Crippen molar-refractivity contribution in [3.05, 3.63) is 35.9 Å². The second-order valence-corrected chi connectivity index (χ2v) is 4.58. The predicted octanol–water partition coefficient (Wildman–Crippen LogP) is 2.76. The van der Waals surface area contributed by atoms with Crippen LogP contribution in [0.4, 0.5) is 0 Å². The second kappa shape index (κ2) is 4.14. The lowest BCUT2D eigenvalue weighted by Gasteiger charge is -2.24. The Bertz CT molecular complexity index is 273. The number of nitrogens with one attached hydrogen (secondary N) is 1. The van der Waals surface area contributed by atoms with E-state index in [1.165, 1.54) is 37.8 Å². The summed E-state index contributed by atoms with van der Waals surface area (Å²) in [6.07, 6.45) is 5.13. The third-order valence-electron chi connectivity index (χ3n) is 3.27. The standard InChI is InChI=1S/C13H19N/c1-13(9-5-11-14-13)10-8-12-6-3-2-4-7-12/h2-4,6-7,14H,5,8-11H2,1H3/t13-/m0/s1. The van der Waals surface area contributed by atoms with Crippen molar-refractivity contribution in [2.75, 3.05) is 6.54 Å². The van der Waals surface area contributed by atoms with E-state index in [0.717, 1.165) is 0 Å². The molecule has 0 radical (unpaired) electrons. The molecule has 1 aromatic carbocycles. The van der Waals surface area contributed by atoms with Gasteiger partial charge in [0.2, 0.25) is 0 Å². The first-order valence-corrected chi connectivity index (χ1v) is 5.57. The lowest BCUT2D eigenvalue weighted by Crippen LogP contribution is -2.36. The highest BCUT2D eigenvalue weighted by Crippen LogP contribution is 2.23. The van der Waals surface area contributed by atoms with E-state index in [4.69, 9.17) is 0 Å². The van der Waals surface area contributed by atoms with E-state index in [2.05, 4.69) is 42.6 Å². The van der Waals surface area contributed by atoms with Crippen LogP contribution in [0.2, 0.25) is 0 Å². The van der Waals surface area contributed by atoms with E-state index >= 15 is 0 Å². The Hall–Kier alpha value is -0.820. The number of benzene rings is 1. The van der Waals surface area contributed by atoms with Crippen LogP contribution in [0.25, 0.3) is 0 Å². The Kier molecular flexibility index (Phi) is 2.87. The predicted molar refractivity (Wildman–Crippen MR) is 60.4 cm³/mol. The smallest absolute Gasteiger partial charge is 0.0157 e. The quantitative estimate of drug-likeness (QED) is 0.771. The molecule has 1 aromatic rings. The fraction of sp³-hybridized carbons (Fsp3) is 0.538. The van der Waals surface area contributed by atoms with Crippen molar-refractivity contribution in [1.82, 2.24) is 5.32 Å². The molecule has 0 saturated carbocycles. The maximum atomic E-state index is 3.60. The van der Waals surface area contributed by atoms with E-state index in [9.17, 15) is 0 Å².